The van der Waals surface area contributed by atoms with Gasteiger partial charge in [-0.05, 0) is 6.42 Å². The number of hydrogen-bond donors (Lipinski definition) is 0. The van der Waals surface area contributed by atoms with Crippen LogP contribution in [0.4, 0.5) is 0 Å². The molecule has 3 heterocycles. The number of likely N-dealkylation sites (tertiary alicyclic amines) is 1. The molecule has 0 bridgehead atoms. The lowest BCUT2D eigenvalue weighted by atomic mass is 9.96. The minimum Gasteiger partial charge on any atom is -0.347 e. The first kappa shape index (κ1) is 17.4. The Labute approximate surface area is 142 Å². The SMILES string of the molecule is CC(C)(C)c1noc(CCCC(=O)N2CCC3(CC2)OCCO3)n1. The highest BCUT2D eigenvalue weighted by Crippen LogP contribution is 2.31. The van der Waals surface area contributed by atoms with E-state index < -0.39 is 5.79 Å². The van der Waals surface area contributed by atoms with Gasteiger partial charge in [0.1, 0.15) is 0 Å². The number of rotatable bonds is 4. The molecule has 0 N–H and O–H groups in total. The first-order valence-corrected chi connectivity index (χ1v) is 8.77. The van der Waals surface area contributed by atoms with E-state index in [4.69, 9.17) is 14.0 Å². The molecule has 2 aliphatic rings. The van der Waals surface area contributed by atoms with Crippen molar-refractivity contribution in [1.29, 1.82) is 0 Å². The van der Waals surface area contributed by atoms with Crippen LogP contribution in [0.25, 0.3) is 0 Å². The average molecular weight is 337 g/mol. The quantitative estimate of drug-likeness (QED) is 0.837. The summed E-state index contributed by atoms with van der Waals surface area (Å²) < 4.78 is 16.6. The minimum atomic E-state index is -0.427. The number of piperidine rings is 1. The largest absolute Gasteiger partial charge is 0.347 e. The topological polar surface area (TPSA) is 77.7 Å². The zero-order valence-electron chi connectivity index (χ0n) is 14.8. The van der Waals surface area contributed by atoms with Gasteiger partial charge in [-0.1, -0.05) is 25.9 Å². The third kappa shape index (κ3) is 3.95. The van der Waals surface area contributed by atoms with E-state index in [-0.39, 0.29) is 11.3 Å². The fraction of sp³-hybridized carbons (Fsp3) is 0.824. The van der Waals surface area contributed by atoms with Crippen molar-refractivity contribution in [2.75, 3.05) is 26.3 Å². The number of aromatic nitrogens is 2. The second kappa shape index (κ2) is 6.80. The smallest absolute Gasteiger partial charge is 0.226 e. The van der Waals surface area contributed by atoms with Crippen LogP contribution in [0.3, 0.4) is 0 Å². The summed E-state index contributed by atoms with van der Waals surface area (Å²) in [5.41, 5.74) is -0.119. The van der Waals surface area contributed by atoms with Crippen LogP contribution in [-0.2, 0) is 26.1 Å². The fourth-order valence-corrected chi connectivity index (χ4v) is 3.09. The van der Waals surface area contributed by atoms with Gasteiger partial charge in [-0.15, -0.1) is 0 Å². The van der Waals surface area contributed by atoms with E-state index >= 15 is 0 Å². The van der Waals surface area contributed by atoms with Gasteiger partial charge in [-0.3, -0.25) is 4.79 Å². The van der Waals surface area contributed by atoms with Gasteiger partial charge in [0.05, 0.1) is 13.2 Å². The molecule has 2 fully saturated rings. The Balaban J connectivity index is 1.41. The Hall–Kier alpha value is -1.47. The molecule has 7 heteroatoms. The third-order valence-corrected chi connectivity index (χ3v) is 4.61. The highest BCUT2D eigenvalue weighted by atomic mass is 16.7. The Bertz CT molecular complexity index is 563. The van der Waals surface area contributed by atoms with Crippen molar-refractivity contribution in [3.63, 3.8) is 0 Å². The molecule has 1 aromatic heterocycles. The molecule has 0 aromatic carbocycles. The molecule has 0 radical (unpaired) electrons. The Morgan fingerprint density at radius 3 is 2.46 bits per heavy atom. The van der Waals surface area contributed by atoms with Gasteiger partial charge >= 0.3 is 0 Å². The van der Waals surface area contributed by atoms with E-state index in [1.165, 1.54) is 0 Å². The van der Waals surface area contributed by atoms with Crippen LogP contribution in [0.1, 0.15) is 58.2 Å². The van der Waals surface area contributed by atoms with Gasteiger partial charge in [-0.2, -0.15) is 4.98 Å². The minimum absolute atomic E-state index is 0.119. The average Bonchev–Trinajstić information content (AvgIpc) is 3.17. The van der Waals surface area contributed by atoms with Crippen molar-refractivity contribution in [3.05, 3.63) is 11.7 Å². The lowest BCUT2D eigenvalue weighted by Crippen LogP contribution is -2.47. The summed E-state index contributed by atoms with van der Waals surface area (Å²) >= 11 is 0. The number of hydrogen-bond acceptors (Lipinski definition) is 6. The predicted octanol–water partition coefficient (Wildman–Crippen LogP) is 2.06. The number of ether oxygens (including phenoxy) is 2. The normalized spacial score (nSPS) is 20.7. The van der Waals surface area contributed by atoms with E-state index in [1.807, 2.05) is 25.7 Å². The zero-order valence-corrected chi connectivity index (χ0v) is 14.8. The molecule has 0 unspecified atom stereocenters. The highest BCUT2D eigenvalue weighted by molar-refractivity contribution is 5.76. The van der Waals surface area contributed by atoms with Gasteiger partial charge in [0.25, 0.3) is 0 Å². The van der Waals surface area contributed by atoms with Crippen molar-refractivity contribution >= 4 is 5.91 Å². The van der Waals surface area contributed by atoms with Crippen LogP contribution in [0.5, 0.6) is 0 Å². The fourth-order valence-electron chi connectivity index (χ4n) is 3.09. The van der Waals surface area contributed by atoms with E-state index in [0.29, 0.717) is 50.9 Å². The maximum atomic E-state index is 12.3. The van der Waals surface area contributed by atoms with Crippen LogP contribution < -0.4 is 0 Å². The Morgan fingerprint density at radius 2 is 1.88 bits per heavy atom. The maximum absolute atomic E-state index is 12.3. The third-order valence-electron chi connectivity index (χ3n) is 4.61. The summed E-state index contributed by atoms with van der Waals surface area (Å²) in [4.78, 5) is 18.6. The number of amides is 1. The lowest BCUT2D eigenvalue weighted by Gasteiger charge is -2.37. The first-order chi connectivity index (χ1) is 11.4. The number of nitrogens with zero attached hydrogens (tertiary/aromatic N) is 3. The molecule has 24 heavy (non-hydrogen) atoms. The Kier molecular flexibility index (Phi) is 4.92. The summed E-state index contributed by atoms with van der Waals surface area (Å²) in [6.45, 7) is 8.87. The van der Waals surface area contributed by atoms with Gasteiger partial charge < -0.3 is 18.9 Å². The van der Waals surface area contributed by atoms with Crippen molar-refractivity contribution in [1.82, 2.24) is 15.0 Å². The molecule has 3 rings (SSSR count). The first-order valence-electron chi connectivity index (χ1n) is 8.77. The van der Waals surface area contributed by atoms with Crippen LogP contribution in [0.2, 0.25) is 0 Å². The summed E-state index contributed by atoms with van der Waals surface area (Å²) in [5, 5.41) is 4.01. The summed E-state index contributed by atoms with van der Waals surface area (Å²) in [6.07, 6.45) is 3.38. The highest BCUT2D eigenvalue weighted by Gasteiger charge is 2.40. The maximum Gasteiger partial charge on any atom is 0.226 e. The zero-order chi connectivity index (χ0) is 17.2. The van der Waals surface area contributed by atoms with E-state index in [2.05, 4.69) is 10.1 Å². The van der Waals surface area contributed by atoms with Gasteiger partial charge in [0, 0.05) is 44.2 Å². The molecule has 1 spiro atoms. The van der Waals surface area contributed by atoms with E-state index in [9.17, 15) is 4.79 Å². The molecule has 0 saturated carbocycles. The van der Waals surface area contributed by atoms with Crippen molar-refractivity contribution in [3.8, 4) is 0 Å². The van der Waals surface area contributed by atoms with Crippen molar-refractivity contribution < 1.29 is 18.8 Å². The summed E-state index contributed by atoms with van der Waals surface area (Å²) in [6, 6.07) is 0. The summed E-state index contributed by atoms with van der Waals surface area (Å²) in [5.74, 6) is 1.07. The molecular weight excluding hydrogens is 310 g/mol. The Morgan fingerprint density at radius 1 is 1.21 bits per heavy atom. The van der Waals surface area contributed by atoms with Crippen LogP contribution >= 0.6 is 0 Å². The molecule has 1 aromatic rings. The summed E-state index contributed by atoms with van der Waals surface area (Å²) in [7, 11) is 0. The molecule has 2 aliphatic heterocycles. The van der Waals surface area contributed by atoms with Crippen LogP contribution in [-0.4, -0.2) is 53.0 Å². The monoisotopic (exact) mass is 337 g/mol. The standard InChI is InChI=1S/C17H27N3O4/c1-16(2,3)15-18-13(24-19-15)5-4-6-14(21)20-9-7-17(8-10-20)22-11-12-23-17/h4-12H2,1-3H3. The molecule has 1 amide bonds. The second-order valence-corrected chi connectivity index (χ2v) is 7.60. The molecular formula is C17H27N3O4. The molecule has 0 aliphatic carbocycles. The van der Waals surface area contributed by atoms with Gasteiger partial charge in [0.2, 0.25) is 11.8 Å². The van der Waals surface area contributed by atoms with Gasteiger partial charge in [-0.25, -0.2) is 0 Å². The van der Waals surface area contributed by atoms with Crippen LogP contribution in [0, 0.1) is 0 Å². The number of carbonyl (C=O) groups is 1. The number of carbonyl (C=O) groups excluding carboxylic acids is 1. The molecule has 2 saturated heterocycles. The predicted molar refractivity (Wildman–Crippen MR) is 86.4 cm³/mol. The van der Waals surface area contributed by atoms with E-state index in [1.54, 1.807) is 0 Å². The number of aryl methyl sites for hydroxylation is 1. The molecule has 0 atom stereocenters. The van der Waals surface area contributed by atoms with Crippen LogP contribution in [0.15, 0.2) is 4.52 Å². The van der Waals surface area contributed by atoms with E-state index in [0.717, 1.165) is 19.3 Å². The second-order valence-electron chi connectivity index (χ2n) is 7.60. The van der Waals surface area contributed by atoms with Crippen molar-refractivity contribution in [2.45, 2.75) is 64.1 Å². The van der Waals surface area contributed by atoms with Crippen molar-refractivity contribution in [2.24, 2.45) is 0 Å². The lowest BCUT2D eigenvalue weighted by molar-refractivity contribution is -0.187. The molecule has 134 valence electrons. The molecule has 7 nitrogen and oxygen atoms in total. The van der Waals surface area contributed by atoms with Gasteiger partial charge in [0.15, 0.2) is 11.6 Å².